The van der Waals surface area contributed by atoms with E-state index in [9.17, 15) is 60.2 Å². The van der Waals surface area contributed by atoms with E-state index < -0.39 is 109 Å². The van der Waals surface area contributed by atoms with E-state index in [1.54, 1.807) is 0 Å². The lowest BCUT2D eigenvalue weighted by molar-refractivity contribution is -0.384. The van der Waals surface area contributed by atoms with E-state index in [1.807, 2.05) is 0 Å². The summed E-state index contributed by atoms with van der Waals surface area (Å²) in [6.07, 6.45) is -15.0. The molecule has 1 aromatic carbocycles. The first-order valence-electron chi connectivity index (χ1n) is 13.3. The number of hydrogen-bond acceptors (Lipinski definition) is 15. The van der Waals surface area contributed by atoms with Gasteiger partial charge in [-0.2, -0.15) is 0 Å². The third-order valence-electron chi connectivity index (χ3n) is 7.04. The molecular weight excluding hydrogens is 598 g/mol. The van der Waals surface area contributed by atoms with Gasteiger partial charge in [0.15, 0.2) is 0 Å². The van der Waals surface area contributed by atoms with Crippen molar-refractivity contribution >= 4 is 23.5 Å². The topological polar surface area (TPSA) is 297 Å². The van der Waals surface area contributed by atoms with Crippen LogP contribution in [0.5, 0.6) is 5.75 Å². The number of nitrogens with zero attached hydrogens (tertiary/aromatic N) is 1. The van der Waals surface area contributed by atoms with Crippen LogP contribution in [0.2, 0.25) is 0 Å². The van der Waals surface area contributed by atoms with Crippen LogP contribution in [-0.2, 0) is 28.6 Å². The third-order valence-corrected chi connectivity index (χ3v) is 7.04. The molecule has 0 aliphatic carbocycles. The van der Waals surface area contributed by atoms with Crippen molar-refractivity contribution in [3.63, 3.8) is 0 Å². The van der Waals surface area contributed by atoms with Gasteiger partial charge in [0.25, 0.3) is 11.5 Å². The number of ether oxygens (including phenoxy) is 4. The summed E-state index contributed by atoms with van der Waals surface area (Å²) in [6.45, 7) is 0.341. The van der Waals surface area contributed by atoms with Gasteiger partial charge in [-0.1, -0.05) is 0 Å². The molecule has 44 heavy (non-hydrogen) atoms. The second-order valence-corrected chi connectivity index (χ2v) is 10.3. The fourth-order valence-corrected chi connectivity index (χ4v) is 4.83. The van der Waals surface area contributed by atoms with Gasteiger partial charge in [0.1, 0.15) is 48.4 Å². The molecule has 2 amide bonds. The second kappa shape index (κ2) is 14.5. The molecule has 246 valence electrons. The average Bonchev–Trinajstić information content (AvgIpc) is 2.96. The largest absolute Gasteiger partial charge is 0.477 e. The zero-order valence-corrected chi connectivity index (χ0v) is 23.5. The number of hydrogen-bond donors (Lipinski definition) is 9. The summed E-state index contributed by atoms with van der Waals surface area (Å²) in [5.41, 5.74) is -0.258. The summed E-state index contributed by atoms with van der Waals surface area (Å²) in [5, 5.41) is 87.8. The lowest BCUT2D eigenvalue weighted by Crippen LogP contribution is -2.69. The van der Waals surface area contributed by atoms with Crippen LogP contribution in [0.15, 0.2) is 24.3 Å². The van der Waals surface area contributed by atoms with Crippen molar-refractivity contribution in [2.45, 2.75) is 87.2 Å². The van der Waals surface area contributed by atoms with Crippen molar-refractivity contribution in [3.8, 4) is 5.75 Å². The Morgan fingerprint density at radius 3 is 2.18 bits per heavy atom. The third kappa shape index (κ3) is 7.94. The van der Waals surface area contributed by atoms with Crippen molar-refractivity contribution in [2.75, 3.05) is 13.2 Å². The molecule has 2 aliphatic heterocycles. The van der Waals surface area contributed by atoms with Gasteiger partial charge < -0.3 is 65.3 Å². The number of aliphatic carboxylic acids is 1. The van der Waals surface area contributed by atoms with Crippen LogP contribution >= 0.6 is 0 Å². The molecule has 2 saturated heterocycles. The highest BCUT2D eigenvalue weighted by Crippen LogP contribution is 2.35. The van der Waals surface area contributed by atoms with Gasteiger partial charge in [0.2, 0.25) is 18.1 Å². The highest BCUT2D eigenvalue weighted by atomic mass is 16.7. The number of nitro groups is 1. The van der Waals surface area contributed by atoms with Crippen molar-refractivity contribution < 1.29 is 74.0 Å². The molecule has 11 atom stereocenters. The monoisotopic (exact) mass is 633 g/mol. The molecule has 2 heterocycles. The molecular formula is C25H35N3O16. The Morgan fingerprint density at radius 1 is 1.07 bits per heavy atom. The lowest BCUT2D eigenvalue weighted by atomic mass is 9.88. The Morgan fingerprint density at radius 2 is 1.66 bits per heavy atom. The first-order valence-corrected chi connectivity index (χ1v) is 13.3. The molecule has 2 aliphatic rings. The summed E-state index contributed by atoms with van der Waals surface area (Å²) < 4.78 is 22.4. The Bertz CT molecular complexity index is 1190. The van der Waals surface area contributed by atoms with Gasteiger partial charge >= 0.3 is 5.97 Å². The van der Waals surface area contributed by atoms with Gasteiger partial charge in [-0.15, -0.1) is 0 Å². The number of carbonyl (C=O) groups excluding carboxylic acids is 2. The maximum atomic E-state index is 12.4. The summed E-state index contributed by atoms with van der Waals surface area (Å²) in [4.78, 5) is 46.2. The number of carboxylic acid groups (broad SMARTS) is 1. The summed E-state index contributed by atoms with van der Waals surface area (Å²) >= 11 is 0. The summed E-state index contributed by atoms with van der Waals surface area (Å²) in [6, 6.07) is 1.83. The molecule has 0 radical (unpaired) electrons. The van der Waals surface area contributed by atoms with Gasteiger partial charge in [0.05, 0.1) is 30.3 Å². The van der Waals surface area contributed by atoms with Crippen molar-refractivity contribution in [1.29, 1.82) is 0 Å². The van der Waals surface area contributed by atoms with Gasteiger partial charge in [-0.25, -0.2) is 4.79 Å². The smallest absolute Gasteiger partial charge is 0.364 e. The maximum absolute atomic E-state index is 12.4. The normalized spacial score (nSPS) is 33.5. The fourth-order valence-electron chi connectivity index (χ4n) is 4.83. The first-order chi connectivity index (χ1) is 20.6. The van der Waals surface area contributed by atoms with Gasteiger partial charge in [0, 0.05) is 32.4 Å². The average molecular weight is 634 g/mol. The number of nitro benzene ring substituents is 1. The standard InChI is InChI=1S/C25H35N3O16/c1-10(30)26-17-14(32)7-25(24(37)38,44-22(17)19(34)15(33)8-29)41-9-16-20(35)21(36)18(27-11(2)31)23(43-16)42-13-5-3-12(4-6-13)28(39)40/h3-6,14-23,29,32-36H,7-9H2,1-2H3,(H,26,30)(H,27,31)(H,37,38)/t14-,15-,16?,17-,18?,19-,20+,21?,22?,23-,25-/m1/s1. The fraction of sp³-hybridized carbons (Fsp3) is 0.640. The van der Waals surface area contributed by atoms with Crippen LogP contribution in [0, 0.1) is 10.1 Å². The Balaban J connectivity index is 1.86. The van der Waals surface area contributed by atoms with Crippen LogP contribution < -0.4 is 15.4 Å². The lowest BCUT2D eigenvalue weighted by Gasteiger charge is -2.47. The van der Waals surface area contributed by atoms with Gasteiger partial charge in [-0.3, -0.25) is 19.7 Å². The molecule has 2 fully saturated rings. The van der Waals surface area contributed by atoms with E-state index in [4.69, 9.17) is 18.9 Å². The molecule has 0 bridgehead atoms. The minimum atomic E-state index is -2.77. The predicted molar refractivity (Wildman–Crippen MR) is 141 cm³/mol. The Hall–Kier alpha value is -3.53. The number of nitrogens with one attached hydrogen (secondary N) is 2. The molecule has 0 aromatic heterocycles. The van der Waals surface area contributed by atoms with E-state index >= 15 is 0 Å². The van der Waals surface area contributed by atoms with Crippen LogP contribution in [0.4, 0.5) is 5.69 Å². The molecule has 19 nitrogen and oxygen atoms in total. The zero-order chi connectivity index (χ0) is 32.9. The molecule has 0 spiro atoms. The Kier molecular flexibility index (Phi) is 11.5. The SMILES string of the molecule is CC(=O)NC1C(O)[C@@H](O)C(CO[C@]2(C(=O)O)C[C@@H](O)[C@@H](NC(C)=O)C([C@H](O)[C@H](O)CO)O2)O[C@H]1Oc1ccc([N+](=O)[O-])cc1. The second-order valence-electron chi connectivity index (χ2n) is 10.3. The van der Waals surface area contributed by atoms with E-state index in [-0.39, 0.29) is 11.4 Å². The Labute approximate surface area is 249 Å². The molecule has 9 N–H and O–H groups in total. The molecule has 3 rings (SSSR count). The van der Waals surface area contributed by atoms with E-state index in [1.165, 1.54) is 12.1 Å². The molecule has 1 aromatic rings. The summed E-state index contributed by atoms with van der Waals surface area (Å²) in [7, 11) is 0. The highest BCUT2D eigenvalue weighted by Gasteiger charge is 2.57. The minimum absolute atomic E-state index is 0.00300. The highest BCUT2D eigenvalue weighted by molar-refractivity contribution is 5.76. The number of carbonyl (C=O) groups is 3. The summed E-state index contributed by atoms with van der Waals surface area (Å²) in [5.74, 6) is -5.93. The maximum Gasteiger partial charge on any atom is 0.364 e. The van der Waals surface area contributed by atoms with E-state index in [0.717, 1.165) is 26.0 Å². The van der Waals surface area contributed by atoms with Crippen LogP contribution in [0.1, 0.15) is 20.3 Å². The van der Waals surface area contributed by atoms with Crippen LogP contribution in [-0.4, -0.2) is 139 Å². The number of benzene rings is 1. The number of carboxylic acids is 1. The minimum Gasteiger partial charge on any atom is -0.477 e. The number of amides is 2. The molecule has 0 saturated carbocycles. The quantitative estimate of drug-likeness (QED) is 0.0784. The molecule has 19 heteroatoms. The zero-order valence-electron chi connectivity index (χ0n) is 23.5. The number of non-ortho nitro benzene ring substituents is 1. The number of rotatable bonds is 12. The van der Waals surface area contributed by atoms with Crippen LogP contribution in [0.3, 0.4) is 0 Å². The molecule has 4 unspecified atom stereocenters. The number of aliphatic hydroxyl groups excluding tert-OH is 6. The van der Waals surface area contributed by atoms with Crippen LogP contribution in [0.25, 0.3) is 0 Å². The van der Waals surface area contributed by atoms with Crippen molar-refractivity contribution in [1.82, 2.24) is 10.6 Å². The van der Waals surface area contributed by atoms with Gasteiger partial charge in [-0.05, 0) is 12.1 Å². The van der Waals surface area contributed by atoms with E-state index in [0.29, 0.717) is 0 Å². The van der Waals surface area contributed by atoms with Crippen molar-refractivity contribution in [3.05, 3.63) is 34.4 Å². The number of aliphatic hydroxyl groups is 6. The predicted octanol–water partition coefficient (Wildman–Crippen LogP) is -3.91. The first kappa shape index (κ1) is 35.0. The van der Waals surface area contributed by atoms with Crippen molar-refractivity contribution in [2.24, 2.45) is 0 Å². The van der Waals surface area contributed by atoms with E-state index in [2.05, 4.69) is 10.6 Å².